The first-order valence-electron chi connectivity index (χ1n) is 6.86. The number of aromatic nitrogens is 2. The maximum absolute atomic E-state index is 5.67. The Bertz CT molecular complexity index is 425. The highest BCUT2D eigenvalue weighted by Gasteiger charge is 2.27. The van der Waals surface area contributed by atoms with Crippen molar-refractivity contribution in [2.24, 2.45) is 5.84 Å². The number of hydrazine groups is 1. The molecule has 1 fully saturated rings. The van der Waals surface area contributed by atoms with Crippen LogP contribution in [0.15, 0.2) is 6.33 Å². The molecule has 1 aromatic heterocycles. The average Bonchev–Trinajstić information content (AvgIpc) is 2.42. The van der Waals surface area contributed by atoms with Crippen LogP contribution in [0.25, 0.3) is 0 Å². The van der Waals surface area contributed by atoms with Crippen LogP contribution in [0.5, 0.6) is 0 Å². The predicted octanol–water partition coefficient (Wildman–Crippen LogP) is 1.33. The van der Waals surface area contributed by atoms with E-state index >= 15 is 0 Å². The summed E-state index contributed by atoms with van der Waals surface area (Å²) in [6.07, 6.45) is 3.73. The summed E-state index contributed by atoms with van der Waals surface area (Å²) in [6.45, 7) is 7.95. The molecule has 3 N–H and O–H groups in total. The lowest BCUT2D eigenvalue weighted by molar-refractivity contribution is 0.0340. The molecular formula is C13H23N5O. The van der Waals surface area contributed by atoms with Gasteiger partial charge in [0.25, 0.3) is 0 Å². The molecule has 0 aromatic carbocycles. The molecule has 0 bridgehead atoms. The lowest BCUT2D eigenvalue weighted by Crippen LogP contribution is -2.48. The monoisotopic (exact) mass is 265 g/mol. The molecule has 1 aromatic rings. The molecule has 6 nitrogen and oxygen atoms in total. The van der Waals surface area contributed by atoms with Crippen molar-refractivity contribution in [3.63, 3.8) is 0 Å². The summed E-state index contributed by atoms with van der Waals surface area (Å²) < 4.78 is 5.67. The van der Waals surface area contributed by atoms with Gasteiger partial charge in [-0.05, 0) is 20.3 Å². The zero-order chi connectivity index (χ0) is 13.8. The van der Waals surface area contributed by atoms with E-state index in [-0.39, 0.29) is 6.10 Å². The zero-order valence-corrected chi connectivity index (χ0v) is 11.9. The predicted molar refractivity (Wildman–Crippen MR) is 76.1 cm³/mol. The third-order valence-electron chi connectivity index (χ3n) is 3.44. The Kier molecular flexibility index (Phi) is 4.55. The number of nitrogens with one attached hydrogen (secondary N) is 1. The first-order valence-corrected chi connectivity index (χ1v) is 6.86. The van der Waals surface area contributed by atoms with Gasteiger partial charge in [-0.15, -0.1) is 0 Å². The molecule has 1 aliphatic rings. The molecule has 2 unspecified atom stereocenters. The minimum Gasteiger partial charge on any atom is -0.375 e. The molecule has 0 amide bonds. The Hall–Kier alpha value is -1.40. The molecule has 2 rings (SSSR count). The summed E-state index contributed by atoms with van der Waals surface area (Å²) in [4.78, 5) is 11.0. The number of nitrogens with two attached hydrogens (primary N) is 1. The summed E-state index contributed by atoms with van der Waals surface area (Å²) in [5.74, 6) is 7.26. The fraction of sp³-hybridized carbons (Fsp3) is 0.692. The van der Waals surface area contributed by atoms with Gasteiger partial charge in [0.05, 0.1) is 18.8 Å². The van der Waals surface area contributed by atoms with Crippen molar-refractivity contribution in [3.05, 3.63) is 11.9 Å². The largest absolute Gasteiger partial charge is 0.375 e. The number of morpholine rings is 1. The van der Waals surface area contributed by atoms with E-state index < -0.39 is 0 Å². The maximum atomic E-state index is 5.67. The van der Waals surface area contributed by atoms with Gasteiger partial charge in [-0.1, -0.05) is 13.3 Å². The molecule has 106 valence electrons. The molecule has 0 saturated carbocycles. The van der Waals surface area contributed by atoms with Crippen molar-refractivity contribution >= 4 is 11.6 Å². The third kappa shape index (κ3) is 2.96. The van der Waals surface area contributed by atoms with Crippen LogP contribution in [0.4, 0.5) is 11.6 Å². The summed E-state index contributed by atoms with van der Waals surface area (Å²) in [6, 6.07) is 0.312. The Morgan fingerprint density at radius 1 is 1.47 bits per heavy atom. The highest BCUT2D eigenvalue weighted by molar-refractivity contribution is 5.59. The summed E-state index contributed by atoms with van der Waals surface area (Å²) in [5, 5.41) is 0. The second kappa shape index (κ2) is 6.16. The molecule has 6 heteroatoms. The first-order chi connectivity index (χ1) is 9.17. The van der Waals surface area contributed by atoms with Gasteiger partial charge in [-0.2, -0.15) is 0 Å². The van der Waals surface area contributed by atoms with Gasteiger partial charge in [0.1, 0.15) is 18.0 Å². The lowest BCUT2D eigenvalue weighted by atomic mass is 10.1. The van der Waals surface area contributed by atoms with Gasteiger partial charge in [-0.25, -0.2) is 15.8 Å². The van der Waals surface area contributed by atoms with Crippen LogP contribution < -0.4 is 16.2 Å². The van der Waals surface area contributed by atoms with E-state index in [1.54, 1.807) is 6.33 Å². The van der Waals surface area contributed by atoms with E-state index in [1.807, 2.05) is 0 Å². The second-order valence-electron chi connectivity index (χ2n) is 5.06. The number of hydrogen-bond donors (Lipinski definition) is 2. The average molecular weight is 265 g/mol. The molecule has 0 radical (unpaired) electrons. The van der Waals surface area contributed by atoms with Gasteiger partial charge < -0.3 is 15.1 Å². The van der Waals surface area contributed by atoms with Crippen molar-refractivity contribution in [2.45, 2.75) is 45.8 Å². The van der Waals surface area contributed by atoms with E-state index in [0.29, 0.717) is 6.04 Å². The van der Waals surface area contributed by atoms with Crippen molar-refractivity contribution in [3.8, 4) is 0 Å². The SMILES string of the molecule is CCCc1c(NN)ncnc1N1CC(C)OCC1C. The zero-order valence-electron chi connectivity index (χ0n) is 11.9. The minimum absolute atomic E-state index is 0.218. The van der Waals surface area contributed by atoms with Crippen LogP contribution in [0.1, 0.15) is 32.8 Å². The molecule has 19 heavy (non-hydrogen) atoms. The van der Waals surface area contributed by atoms with Gasteiger partial charge in [0.2, 0.25) is 0 Å². The number of anilines is 2. The second-order valence-corrected chi connectivity index (χ2v) is 5.06. The molecule has 1 aliphatic heterocycles. The van der Waals surface area contributed by atoms with Crippen molar-refractivity contribution in [1.82, 2.24) is 9.97 Å². The molecular weight excluding hydrogens is 242 g/mol. The van der Waals surface area contributed by atoms with Gasteiger partial charge in [0.15, 0.2) is 0 Å². The van der Waals surface area contributed by atoms with Crippen molar-refractivity contribution in [1.29, 1.82) is 0 Å². The molecule has 0 spiro atoms. The number of nitrogen functional groups attached to an aromatic ring is 1. The van der Waals surface area contributed by atoms with Gasteiger partial charge in [0, 0.05) is 12.1 Å². The molecule has 0 aliphatic carbocycles. The van der Waals surface area contributed by atoms with Gasteiger partial charge >= 0.3 is 0 Å². The van der Waals surface area contributed by atoms with Crippen LogP contribution in [0, 0.1) is 0 Å². The van der Waals surface area contributed by atoms with Crippen molar-refractivity contribution in [2.75, 3.05) is 23.5 Å². The standard InChI is InChI=1S/C13H23N5O/c1-4-5-11-12(17-14)15-8-16-13(11)18-6-10(3)19-7-9(18)2/h8-10H,4-7,14H2,1-3H3,(H,15,16,17). The van der Waals surface area contributed by atoms with Crippen LogP contribution in [0.2, 0.25) is 0 Å². The smallest absolute Gasteiger partial charge is 0.148 e. The topological polar surface area (TPSA) is 76.3 Å². The Morgan fingerprint density at radius 2 is 2.26 bits per heavy atom. The van der Waals surface area contributed by atoms with Crippen LogP contribution >= 0.6 is 0 Å². The summed E-state index contributed by atoms with van der Waals surface area (Å²) in [7, 11) is 0. The molecule has 2 heterocycles. The Balaban J connectivity index is 2.36. The number of hydrogen-bond acceptors (Lipinski definition) is 6. The third-order valence-corrected chi connectivity index (χ3v) is 3.44. The number of nitrogens with zero attached hydrogens (tertiary/aromatic N) is 3. The highest BCUT2D eigenvalue weighted by Crippen LogP contribution is 2.28. The van der Waals surface area contributed by atoms with Gasteiger partial charge in [-0.3, -0.25) is 0 Å². The molecule has 1 saturated heterocycles. The normalized spacial score (nSPS) is 23.5. The highest BCUT2D eigenvalue weighted by atomic mass is 16.5. The van der Waals surface area contributed by atoms with Crippen LogP contribution in [-0.2, 0) is 11.2 Å². The fourth-order valence-corrected chi connectivity index (χ4v) is 2.45. The maximum Gasteiger partial charge on any atom is 0.148 e. The molecule has 2 atom stereocenters. The van der Waals surface area contributed by atoms with E-state index in [9.17, 15) is 0 Å². The quantitative estimate of drug-likeness (QED) is 0.632. The van der Waals surface area contributed by atoms with E-state index in [0.717, 1.165) is 43.2 Å². The summed E-state index contributed by atoms with van der Waals surface area (Å²) >= 11 is 0. The van der Waals surface area contributed by atoms with E-state index in [2.05, 4.69) is 41.1 Å². The Morgan fingerprint density at radius 3 is 2.95 bits per heavy atom. The van der Waals surface area contributed by atoms with E-state index in [4.69, 9.17) is 10.6 Å². The minimum atomic E-state index is 0.218. The fourth-order valence-electron chi connectivity index (χ4n) is 2.45. The number of rotatable bonds is 4. The van der Waals surface area contributed by atoms with Crippen LogP contribution in [0.3, 0.4) is 0 Å². The Labute approximate surface area is 114 Å². The lowest BCUT2D eigenvalue weighted by Gasteiger charge is -2.38. The van der Waals surface area contributed by atoms with Crippen LogP contribution in [-0.4, -0.2) is 35.3 Å². The van der Waals surface area contributed by atoms with Crippen molar-refractivity contribution < 1.29 is 4.74 Å². The van der Waals surface area contributed by atoms with E-state index in [1.165, 1.54) is 0 Å². The summed E-state index contributed by atoms with van der Waals surface area (Å²) in [5.41, 5.74) is 3.77. The first kappa shape index (κ1) is 14.0. The number of ether oxygens (including phenoxy) is 1.